The van der Waals surface area contributed by atoms with Crippen LogP contribution in [0, 0.1) is 5.41 Å². The normalized spacial score (nSPS) is 15.6. The topological polar surface area (TPSA) is 403 Å². The third-order valence-corrected chi connectivity index (χ3v) is 12.1. The number of hydrogen-bond acceptors (Lipinski definition) is 19. The number of halogens is 1. The summed E-state index contributed by atoms with van der Waals surface area (Å²) in [5.41, 5.74) is 21.2. The molecule has 0 aliphatic rings. The van der Waals surface area contributed by atoms with E-state index in [-0.39, 0.29) is 54.0 Å². The lowest BCUT2D eigenvalue weighted by Gasteiger charge is -2.33. The summed E-state index contributed by atoms with van der Waals surface area (Å²) in [4.78, 5) is 34.8. The molecule has 0 spiro atoms. The van der Waals surface area contributed by atoms with Crippen molar-refractivity contribution in [3.63, 3.8) is 0 Å². The number of benzene rings is 3. The Labute approximate surface area is 410 Å². The number of carbonyl (C=O) groups is 2. The molecule has 4 aromatic rings. The van der Waals surface area contributed by atoms with E-state index in [0.717, 1.165) is 59.6 Å². The van der Waals surface area contributed by atoms with Gasteiger partial charge < -0.3 is 78.9 Å². The number of carbonyl (C=O) groups excluding carboxylic acids is 2. The third-order valence-electron chi connectivity index (χ3n) is 11.9. The molecule has 3 aromatic carbocycles. The Bertz CT molecular complexity index is 2250. The van der Waals surface area contributed by atoms with E-state index < -0.39 is 74.0 Å². The van der Waals surface area contributed by atoms with Crippen molar-refractivity contribution in [1.82, 2.24) is 25.5 Å². The summed E-state index contributed by atoms with van der Waals surface area (Å²) in [5.74, 6) is -1.62. The fourth-order valence-corrected chi connectivity index (χ4v) is 7.89. The Kier molecular flexibility index (Phi) is 23.5. The lowest BCUT2D eigenvalue weighted by molar-refractivity contribution is -0.130. The average molecular weight is 1000 g/mol. The van der Waals surface area contributed by atoms with Gasteiger partial charge in [-0.1, -0.05) is 73.0 Å². The van der Waals surface area contributed by atoms with Crippen LogP contribution >= 0.6 is 11.6 Å². The Morgan fingerprint density at radius 3 is 1.81 bits per heavy atom. The third kappa shape index (κ3) is 17.3. The van der Waals surface area contributed by atoms with Crippen molar-refractivity contribution >= 4 is 57.5 Å². The van der Waals surface area contributed by atoms with Gasteiger partial charge in [-0.15, -0.1) is 0 Å². The molecule has 0 saturated heterocycles. The molecule has 70 heavy (non-hydrogen) atoms. The molecule has 0 aliphatic carbocycles. The number of aliphatic hydroxyl groups excluding tert-OH is 10. The fourth-order valence-electron chi connectivity index (χ4n) is 7.77. The number of guanidine groups is 1. The van der Waals surface area contributed by atoms with E-state index in [4.69, 9.17) is 44.4 Å². The number of unbranched alkanes of at least 4 members (excludes halogenated alkanes) is 4. The van der Waals surface area contributed by atoms with E-state index in [9.17, 15) is 50.4 Å². The number of aryl methyl sites for hydroxylation is 2. The first-order valence-corrected chi connectivity index (χ1v) is 23.5. The van der Waals surface area contributed by atoms with Crippen LogP contribution < -0.4 is 33.2 Å². The Morgan fingerprint density at radius 1 is 0.671 bits per heavy atom. The van der Waals surface area contributed by atoms with Gasteiger partial charge in [0.05, 0.1) is 31.5 Å². The predicted molar refractivity (Wildman–Crippen MR) is 264 cm³/mol. The number of rotatable bonds is 29. The van der Waals surface area contributed by atoms with Gasteiger partial charge in [0.2, 0.25) is 5.91 Å². The smallest absolute Gasteiger partial charge is 0.280 e. The number of aliphatic hydroxyl groups is 10. The molecule has 1 heterocycles. The molecule has 23 heteroatoms. The second-order valence-electron chi connectivity index (χ2n) is 17.3. The minimum atomic E-state index is -1.86. The van der Waals surface area contributed by atoms with Crippen molar-refractivity contribution in [1.29, 1.82) is 5.41 Å². The average Bonchev–Trinajstić information content (AvgIpc) is 3.35. The van der Waals surface area contributed by atoms with Crippen molar-refractivity contribution < 1.29 is 60.7 Å². The van der Waals surface area contributed by atoms with Crippen LogP contribution in [0.1, 0.15) is 65.7 Å². The highest BCUT2D eigenvalue weighted by Crippen LogP contribution is 2.26. The molecule has 2 amide bonds. The van der Waals surface area contributed by atoms with Crippen molar-refractivity contribution in [3.8, 4) is 0 Å². The van der Waals surface area contributed by atoms with Crippen LogP contribution in [-0.4, -0.2) is 178 Å². The maximum Gasteiger partial charge on any atom is 0.280 e. The summed E-state index contributed by atoms with van der Waals surface area (Å²) < 4.78 is 0. The fraction of sp³-hybridized carbons (Fsp3) is 0.511. The van der Waals surface area contributed by atoms with E-state index in [1.165, 1.54) is 4.90 Å². The van der Waals surface area contributed by atoms with E-state index in [0.29, 0.717) is 37.9 Å². The van der Waals surface area contributed by atoms with Crippen LogP contribution in [0.2, 0.25) is 5.15 Å². The molecule has 0 bridgehead atoms. The first-order chi connectivity index (χ1) is 33.3. The highest BCUT2D eigenvalue weighted by Gasteiger charge is 2.34. The predicted octanol–water partition coefficient (Wildman–Crippen LogP) is -1.49. The SMILES string of the molecule is N=C(NCCCCc1ccc(C[C@H](N)C(=O)Nc2ccc(CCCCCCN(C[C@H](O)[C@@H](O)[C@H](O)[C@H](O)CO)C[C@H](O)[C@@H](O)[C@H](O)[C@H](O)CO)cc2)c2ccccc12)NC(=O)c1nc(Cl)c(N)nc1N. The number of aromatic nitrogens is 2. The Balaban J connectivity index is 1.20. The first kappa shape index (κ1) is 57.4. The van der Waals surface area contributed by atoms with E-state index in [1.807, 2.05) is 60.7 Å². The summed E-state index contributed by atoms with van der Waals surface area (Å²) >= 11 is 5.85. The van der Waals surface area contributed by atoms with Gasteiger partial charge in [0.25, 0.3) is 5.91 Å². The summed E-state index contributed by atoms with van der Waals surface area (Å²) in [6.07, 6.45) is -7.99. The number of nitrogen functional groups attached to an aromatic ring is 2. The van der Waals surface area contributed by atoms with E-state index in [1.54, 1.807) is 0 Å². The molecule has 0 radical (unpaired) electrons. The number of nitrogens with zero attached hydrogens (tertiary/aromatic N) is 3. The molecule has 0 unspecified atom stereocenters. The molecule has 4 rings (SSSR count). The maximum absolute atomic E-state index is 13.3. The molecule has 1 aromatic heterocycles. The Morgan fingerprint density at radius 2 is 1.21 bits per heavy atom. The highest BCUT2D eigenvalue weighted by molar-refractivity contribution is 6.31. The lowest BCUT2D eigenvalue weighted by Crippen LogP contribution is -2.53. The van der Waals surface area contributed by atoms with Crippen LogP contribution in [0.3, 0.4) is 0 Å². The van der Waals surface area contributed by atoms with Crippen molar-refractivity contribution in [3.05, 3.63) is 88.2 Å². The van der Waals surface area contributed by atoms with Crippen LogP contribution in [0.15, 0.2) is 60.7 Å². The van der Waals surface area contributed by atoms with Gasteiger partial charge in [-0.3, -0.25) is 25.2 Å². The maximum atomic E-state index is 13.3. The molecule has 20 N–H and O–H groups in total. The largest absolute Gasteiger partial charge is 0.394 e. The molecular weight excluding hydrogens is 932 g/mol. The first-order valence-electron chi connectivity index (χ1n) is 23.1. The number of nitrogens with one attached hydrogen (secondary N) is 4. The minimum absolute atomic E-state index is 0.107. The summed E-state index contributed by atoms with van der Waals surface area (Å²) in [6, 6.07) is 18.6. The zero-order chi connectivity index (χ0) is 51.5. The summed E-state index contributed by atoms with van der Waals surface area (Å²) in [6.45, 7) is -1.69. The number of hydrogen-bond donors (Lipinski definition) is 17. The molecule has 0 aliphatic heterocycles. The van der Waals surface area contributed by atoms with Crippen molar-refractivity contribution in [2.45, 2.75) is 113 Å². The summed E-state index contributed by atoms with van der Waals surface area (Å²) in [7, 11) is 0. The van der Waals surface area contributed by atoms with Gasteiger partial charge in [0.15, 0.2) is 28.4 Å². The monoisotopic (exact) mass is 1000 g/mol. The molecule has 9 atom stereocenters. The van der Waals surface area contributed by atoms with Crippen molar-refractivity contribution in [2.24, 2.45) is 5.73 Å². The van der Waals surface area contributed by atoms with Gasteiger partial charge in [0, 0.05) is 25.3 Å². The van der Waals surface area contributed by atoms with Gasteiger partial charge >= 0.3 is 0 Å². The van der Waals surface area contributed by atoms with Crippen LogP contribution in [0.5, 0.6) is 0 Å². The van der Waals surface area contributed by atoms with Gasteiger partial charge in [-0.2, -0.15) is 0 Å². The molecule has 0 saturated carbocycles. The highest BCUT2D eigenvalue weighted by atomic mass is 35.5. The minimum Gasteiger partial charge on any atom is -0.394 e. The lowest BCUT2D eigenvalue weighted by atomic mass is 9.93. The van der Waals surface area contributed by atoms with E-state index >= 15 is 0 Å². The van der Waals surface area contributed by atoms with E-state index in [2.05, 4.69) is 25.9 Å². The van der Waals surface area contributed by atoms with Crippen LogP contribution in [0.25, 0.3) is 10.8 Å². The van der Waals surface area contributed by atoms with Crippen LogP contribution in [-0.2, 0) is 24.1 Å². The Hall–Kier alpha value is -5.18. The quantitative estimate of drug-likeness (QED) is 0.0167. The second kappa shape index (κ2) is 28.6. The zero-order valence-electron chi connectivity index (χ0n) is 38.8. The zero-order valence-corrected chi connectivity index (χ0v) is 39.6. The number of fused-ring (bicyclic) bond motifs is 1. The standard InChI is InChI=1S/C47H69ClN10O12/c48-42-44(51)56-43(50)37(55-42)46(70)57-47(52)53-19-7-6-10-27-15-16-28(31-12-5-4-11-30(27)31)21-32(49)45(69)54-29-17-13-26(14-18-29)9-3-1-2-8-20-58(22-33(61)38(65)40(67)35(63)24-59)23-34(62)39(66)41(68)36(64)25-60/h4-5,11-18,32-36,38-41,59-68H,1-3,6-10,19-25,49H2,(H,54,69)(H4,50,51,56)(H3,52,53,57,70)/t32-,33-,34-,35+,36+,38+,39+,40+,41+/m0/s1. The molecule has 386 valence electrons. The van der Waals surface area contributed by atoms with Gasteiger partial charge in [-0.05, 0) is 91.1 Å². The van der Waals surface area contributed by atoms with Crippen molar-refractivity contribution in [2.75, 3.05) is 56.2 Å². The number of nitrogens with two attached hydrogens (primary N) is 3. The second-order valence-corrected chi connectivity index (χ2v) is 17.7. The molecular formula is C47H69ClN10O12. The van der Waals surface area contributed by atoms with Crippen LogP contribution in [0.4, 0.5) is 17.3 Å². The molecule has 0 fully saturated rings. The van der Waals surface area contributed by atoms with Gasteiger partial charge in [-0.25, -0.2) is 9.97 Å². The van der Waals surface area contributed by atoms with Gasteiger partial charge in [0.1, 0.15) is 36.6 Å². The number of anilines is 3. The molecule has 22 nitrogen and oxygen atoms in total. The number of amides is 2. The summed E-state index contributed by atoms with van der Waals surface area (Å²) in [5, 5.41) is 118.